The topological polar surface area (TPSA) is 85.7 Å². The van der Waals surface area contributed by atoms with Crippen molar-refractivity contribution < 1.29 is 31.1 Å². The number of aromatic nitrogens is 5. The Kier molecular flexibility index (Phi) is 6.49. The number of hydrogen-bond acceptors (Lipinski definition) is 8. The first-order valence-corrected chi connectivity index (χ1v) is 11.0. The second kappa shape index (κ2) is 9.24. The normalized spacial score (nSPS) is 12.2. The number of nitrogens with one attached hydrogen (secondary N) is 1. The molecule has 0 saturated carbocycles. The highest BCUT2D eigenvalue weighted by Gasteiger charge is 2.37. The lowest BCUT2D eigenvalue weighted by Gasteiger charge is -2.14. The standard InChI is InChI=1S/C21H16F6N6OS/c1-3-6-34-18-12(20(22,23)24)8-28-19(33-18)32-14-7-10(2)30-17-11(14)4-5-13(31-17)15-16(21(25,26)27)35-9-29-15/h4-5,7-9H,3,6H2,1-2H3,(H,28,30,31,32,33). The van der Waals surface area contributed by atoms with Crippen molar-refractivity contribution in [3.8, 4) is 17.3 Å². The fourth-order valence-corrected chi connectivity index (χ4v) is 3.81. The SMILES string of the molecule is CCCOc1nc(Nc2cc(C)nc3nc(-c4ncsc4C(F)(F)F)ccc23)ncc1C(F)(F)F. The molecule has 4 rings (SSSR count). The molecule has 4 heterocycles. The van der Waals surface area contributed by atoms with Crippen LogP contribution in [0.3, 0.4) is 0 Å². The van der Waals surface area contributed by atoms with Crippen LogP contribution < -0.4 is 10.1 Å². The predicted octanol–water partition coefficient (Wildman–Crippen LogP) is 6.42. The quantitative estimate of drug-likeness (QED) is 0.297. The number of nitrogens with zero attached hydrogens (tertiary/aromatic N) is 5. The van der Waals surface area contributed by atoms with E-state index in [-0.39, 0.29) is 29.6 Å². The van der Waals surface area contributed by atoms with Gasteiger partial charge in [0, 0.05) is 17.3 Å². The van der Waals surface area contributed by atoms with E-state index in [1.807, 2.05) is 0 Å². The van der Waals surface area contributed by atoms with Gasteiger partial charge in [0.15, 0.2) is 5.65 Å². The molecule has 0 aliphatic carbocycles. The van der Waals surface area contributed by atoms with Crippen LogP contribution >= 0.6 is 11.3 Å². The molecule has 4 aromatic heterocycles. The average molecular weight is 514 g/mol. The molecule has 0 atom stereocenters. The number of hydrogen-bond donors (Lipinski definition) is 1. The van der Waals surface area contributed by atoms with Gasteiger partial charge < -0.3 is 10.1 Å². The summed E-state index contributed by atoms with van der Waals surface area (Å²) in [6, 6.07) is 4.43. The number of aryl methyl sites for hydroxylation is 1. The van der Waals surface area contributed by atoms with Gasteiger partial charge in [-0.2, -0.15) is 31.3 Å². The van der Waals surface area contributed by atoms with Crippen LogP contribution in [0, 0.1) is 6.92 Å². The zero-order chi connectivity index (χ0) is 25.4. The van der Waals surface area contributed by atoms with E-state index in [1.165, 1.54) is 12.1 Å². The van der Waals surface area contributed by atoms with E-state index >= 15 is 0 Å². The van der Waals surface area contributed by atoms with Crippen LogP contribution in [0.25, 0.3) is 22.4 Å². The maximum absolute atomic E-state index is 13.3. The molecule has 0 radical (unpaired) electrons. The van der Waals surface area contributed by atoms with E-state index in [2.05, 4.69) is 30.2 Å². The second-order valence-corrected chi connectivity index (χ2v) is 8.15. The number of rotatable bonds is 6. The lowest BCUT2D eigenvalue weighted by molar-refractivity contribution is -0.139. The molecule has 0 amide bonds. The molecular weight excluding hydrogens is 498 g/mol. The number of fused-ring (bicyclic) bond motifs is 1. The van der Waals surface area contributed by atoms with E-state index in [0.717, 1.165) is 5.51 Å². The van der Waals surface area contributed by atoms with Crippen molar-refractivity contribution in [2.75, 3.05) is 11.9 Å². The first kappa shape index (κ1) is 24.6. The molecule has 184 valence electrons. The molecule has 0 aliphatic rings. The molecular formula is C21H16F6N6OS. The van der Waals surface area contributed by atoms with Crippen LogP contribution in [0.15, 0.2) is 29.9 Å². The number of halogens is 6. The smallest absolute Gasteiger partial charge is 0.427 e. The van der Waals surface area contributed by atoms with Crippen molar-refractivity contribution >= 4 is 34.0 Å². The predicted molar refractivity (Wildman–Crippen MR) is 116 cm³/mol. The van der Waals surface area contributed by atoms with Gasteiger partial charge in [-0.1, -0.05) is 6.92 Å². The summed E-state index contributed by atoms with van der Waals surface area (Å²) in [5.41, 5.74) is 0.557. The molecule has 0 bridgehead atoms. The largest absolute Gasteiger partial charge is 0.477 e. The number of thiazole rings is 1. The number of pyridine rings is 2. The van der Waals surface area contributed by atoms with Crippen molar-refractivity contribution in [2.24, 2.45) is 0 Å². The van der Waals surface area contributed by atoms with Crippen LogP contribution in [0.4, 0.5) is 38.0 Å². The molecule has 0 aliphatic heterocycles. The van der Waals surface area contributed by atoms with Gasteiger partial charge in [0.2, 0.25) is 11.8 Å². The minimum absolute atomic E-state index is 0.0174. The average Bonchev–Trinajstić information content (AvgIpc) is 3.27. The van der Waals surface area contributed by atoms with Gasteiger partial charge in [-0.15, -0.1) is 11.3 Å². The summed E-state index contributed by atoms with van der Waals surface area (Å²) in [5.74, 6) is -0.783. The van der Waals surface area contributed by atoms with Crippen LogP contribution in [0.2, 0.25) is 0 Å². The van der Waals surface area contributed by atoms with Gasteiger partial charge in [0.25, 0.3) is 0 Å². The number of alkyl halides is 6. The Hall–Kier alpha value is -3.55. The van der Waals surface area contributed by atoms with Gasteiger partial charge >= 0.3 is 12.4 Å². The maximum atomic E-state index is 13.3. The molecule has 0 aromatic carbocycles. The minimum Gasteiger partial charge on any atom is -0.477 e. The fraction of sp³-hybridized carbons (Fsp3) is 0.286. The Bertz CT molecular complexity index is 1370. The molecule has 14 heteroatoms. The van der Waals surface area contributed by atoms with E-state index in [4.69, 9.17) is 4.74 Å². The minimum atomic E-state index is -4.70. The zero-order valence-corrected chi connectivity index (χ0v) is 18.9. The van der Waals surface area contributed by atoms with Gasteiger partial charge in [-0.25, -0.2) is 19.9 Å². The molecule has 1 N–H and O–H groups in total. The van der Waals surface area contributed by atoms with Gasteiger partial charge in [-0.3, -0.25) is 0 Å². The third kappa shape index (κ3) is 5.26. The summed E-state index contributed by atoms with van der Waals surface area (Å²) >= 11 is 0.457. The first-order chi connectivity index (χ1) is 16.5. The Balaban J connectivity index is 1.74. The van der Waals surface area contributed by atoms with Crippen LogP contribution in [0.5, 0.6) is 5.88 Å². The summed E-state index contributed by atoms with van der Waals surface area (Å²) < 4.78 is 84.9. The Morgan fingerprint density at radius 1 is 1.00 bits per heavy atom. The highest BCUT2D eigenvalue weighted by molar-refractivity contribution is 7.10. The van der Waals surface area contributed by atoms with Crippen LogP contribution in [-0.4, -0.2) is 31.5 Å². The Morgan fingerprint density at radius 2 is 1.77 bits per heavy atom. The lowest BCUT2D eigenvalue weighted by atomic mass is 10.1. The van der Waals surface area contributed by atoms with E-state index in [9.17, 15) is 26.3 Å². The third-order valence-corrected chi connectivity index (χ3v) is 5.49. The molecule has 4 aromatic rings. The van der Waals surface area contributed by atoms with Crippen molar-refractivity contribution in [3.05, 3.63) is 46.0 Å². The zero-order valence-electron chi connectivity index (χ0n) is 18.1. The van der Waals surface area contributed by atoms with E-state index in [0.29, 0.717) is 40.7 Å². The fourth-order valence-electron chi connectivity index (χ4n) is 3.14. The van der Waals surface area contributed by atoms with E-state index < -0.39 is 28.7 Å². The van der Waals surface area contributed by atoms with Gasteiger partial charge in [-0.05, 0) is 31.5 Å². The van der Waals surface area contributed by atoms with Crippen molar-refractivity contribution in [1.29, 1.82) is 0 Å². The molecule has 0 unspecified atom stereocenters. The number of anilines is 2. The lowest BCUT2D eigenvalue weighted by Crippen LogP contribution is -2.13. The first-order valence-electron chi connectivity index (χ1n) is 10.1. The maximum Gasteiger partial charge on any atom is 0.427 e. The van der Waals surface area contributed by atoms with Crippen molar-refractivity contribution in [3.63, 3.8) is 0 Å². The monoisotopic (exact) mass is 514 g/mol. The summed E-state index contributed by atoms with van der Waals surface area (Å²) in [6.45, 7) is 3.40. The van der Waals surface area contributed by atoms with Gasteiger partial charge in [0.05, 0.1) is 23.5 Å². The van der Waals surface area contributed by atoms with Gasteiger partial charge in [0.1, 0.15) is 16.1 Å². The highest BCUT2D eigenvalue weighted by atomic mass is 32.1. The highest BCUT2D eigenvalue weighted by Crippen LogP contribution is 2.39. The molecule has 35 heavy (non-hydrogen) atoms. The van der Waals surface area contributed by atoms with Crippen LogP contribution in [0.1, 0.15) is 29.5 Å². The number of ether oxygens (including phenoxy) is 1. The summed E-state index contributed by atoms with van der Waals surface area (Å²) in [7, 11) is 0. The van der Waals surface area contributed by atoms with E-state index in [1.54, 1.807) is 19.9 Å². The summed E-state index contributed by atoms with van der Waals surface area (Å²) in [6.07, 6.45) is -8.20. The summed E-state index contributed by atoms with van der Waals surface area (Å²) in [5, 5.41) is 3.22. The summed E-state index contributed by atoms with van der Waals surface area (Å²) in [4.78, 5) is 19.0. The molecule has 7 nitrogen and oxygen atoms in total. The molecule has 0 spiro atoms. The van der Waals surface area contributed by atoms with Crippen molar-refractivity contribution in [1.82, 2.24) is 24.9 Å². The second-order valence-electron chi connectivity index (χ2n) is 7.29. The Labute approximate surface area is 198 Å². The third-order valence-electron chi connectivity index (χ3n) is 4.62. The Morgan fingerprint density at radius 3 is 2.46 bits per heavy atom. The van der Waals surface area contributed by atoms with Crippen molar-refractivity contribution in [2.45, 2.75) is 32.6 Å². The van der Waals surface area contributed by atoms with Crippen LogP contribution in [-0.2, 0) is 12.4 Å². The molecule has 0 fully saturated rings. The molecule has 0 saturated heterocycles.